The van der Waals surface area contributed by atoms with Crippen LogP contribution in [0.2, 0.25) is 0 Å². The predicted octanol–water partition coefficient (Wildman–Crippen LogP) is 5.84. The maximum atomic E-state index is 12.6. The Morgan fingerprint density at radius 1 is 1.00 bits per heavy atom. The minimum absolute atomic E-state index is 0.0339. The van der Waals surface area contributed by atoms with Crippen molar-refractivity contribution < 1.29 is 9.59 Å². The van der Waals surface area contributed by atoms with Gasteiger partial charge in [-0.1, -0.05) is 68.4 Å². The largest absolute Gasteiger partial charge is 0.322 e. The van der Waals surface area contributed by atoms with E-state index in [1.807, 2.05) is 83.8 Å². The van der Waals surface area contributed by atoms with E-state index in [-0.39, 0.29) is 17.2 Å². The molecule has 4 nitrogen and oxygen atoms in total. The molecular weight excluding hydrogens is 404 g/mol. The van der Waals surface area contributed by atoms with E-state index in [0.29, 0.717) is 23.8 Å². The van der Waals surface area contributed by atoms with Crippen molar-refractivity contribution in [2.75, 3.05) is 11.1 Å². The monoisotopic (exact) mass is 430 g/mol. The molecule has 5 heteroatoms. The maximum Gasteiger partial charge on any atom is 0.255 e. The lowest BCUT2D eigenvalue weighted by Crippen LogP contribution is -2.27. The van der Waals surface area contributed by atoms with Gasteiger partial charge in [0.05, 0.1) is 5.75 Å². The number of benzene rings is 3. The Hall–Kier alpha value is -3.05. The maximum absolute atomic E-state index is 12.6. The summed E-state index contributed by atoms with van der Waals surface area (Å²) in [5, 5.41) is 2.92. The normalized spacial score (nSPS) is 16.0. The molecule has 31 heavy (non-hydrogen) atoms. The van der Waals surface area contributed by atoms with E-state index in [0.717, 1.165) is 16.8 Å². The Morgan fingerprint density at radius 2 is 1.68 bits per heavy atom. The van der Waals surface area contributed by atoms with Gasteiger partial charge in [-0.2, -0.15) is 0 Å². The molecule has 1 aliphatic rings. The lowest BCUT2D eigenvalue weighted by Gasteiger charge is -2.24. The first-order valence-corrected chi connectivity index (χ1v) is 11.5. The van der Waals surface area contributed by atoms with Crippen LogP contribution in [0, 0.1) is 0 Å². The van der Waals surface area contributed by atoms with E-state index in [2.05, 4.69) is 19.2 Å². The van der Waals surface area contributed by atoms with Crippen LogP contribution in [0.15, 0.2) is 78.9 Å². The van der Waals surface area contributed by atoms with Crippen LogP contribution in [-0.2, 0) is 11.3 Å². The summed E-state index contributed by atoms with van der Waals surface area (Å²) in [5.74, 6) is 0.941. The number of thioether (sulfide) groups is 1. The van der Waals surface area contributed by atoms with E-state index in [9.17, 15) is 9.59 Å². The van der Waals surface area contributed by atoms with Gasteiger partial charge >= 0.3 is 0 Å². The molecule has 0 aromatic heterocycles. The van der Waals surface area contributed by atoms with E-state index >= 15 is 0 Å². The molecule has 0 saturated carbocycles. The van der Waals surface area contributed by atoms with E-state index in [1.54, 1.807) is 11.8 Å². The first-order valence-electron chi connectivity index (χ1n) is 10.5. The summed E-state index contributed by atoms with van der Waals surface area (Å²) in [5.41, 5.74) is 4.77. The standard InChI is InChI=1S/C26H26N2O2S/c1-18(2)20-12-14-23(15-13-20)27-25(30)21-8-10-22(11-9-21)26-28(24(29)17-31-26)16-19-6-4-3-5-7-19/h3-15,18,26H,16-17H2,1-2H3,(H,27,30)/t26-/m0/s1. The second kappa shape index (κ2) is 9.40. The second-order valence-electron chi connectivity index (χ2n) is 8.02. The Labute approximate surface area is 187 Å². The number of carbonyl (C=O) groups is 2. The molecule has 0 aliphatic carbocycles. The van der Waals surface area contributed by atoms with Crippen LogP contribution in [0.25, 0.3) is 0 Å². The average molecular weight is 431 g/mol. The van der Waals surface area contributed by atoms with Crippen LogP contribution in [0.1, 0.15) is 52.2 Å². The molecule has 3 aromatic rings. The van der Waals surface area contributed by atoms with Gasteiger partial charge in [0.2, 0.25) is 5.91 Å². The molecule has 0 bridgehead atoms. The van der Waals surface area contributed by atoms with E-state index < -0.39 is 0 Å². The molecule has 1 saturated heterocycles. The van der Waals surface area contributed by atoms with Crippen molar-refractivity contribution in [2.24, 2.45) is 0 Å². The topological polar surface area (TPSA) is 49.4 Å². The minimum Gasteiger partial charge on any atom is -0.322 e. The third-order valence-corrected chi connectivity index (χ3v) is 6.71. The van der Waals surface area contributed by atoms with Gasteiger partial charge in [-0.25, -0.2) is 0 Å². The number of rotatable bonds is 6. The molecule has 2 amide bonds. The van der Waals surface area contributed by atoms with Gasteiger partial charge in [-0.05, 0) is 46.9 Å². The van der Waals surface area contributed by atoms with Crippen LogP contribution in [0.5, 0.6) is 0 Å². The Bertz CT molecular complexity index is 1050. The fourth-order valence-electron chi connectivity index (χ4n) is 3.64. The van der Waals surface area contributed by atoms with Crippen molar-refractivity contribution in [3.63, 3.8) is 0 Å². The zero-order valence-electron chi connectivity index (χ0n) is 17.7. The van der Waals surface area contributed by atoms with Crippen molar-refractivity contribution in [2.45, 2.75) is 31.7 Å². The van der Waals surface area contributed by atoms with Crippen molar-refractivity contribution in [1.29, 1.82) is 0 Å². The summed E-state index contributed by atoms with van der Waals surface area (Å²) in [6, 6.07) is 25.5. The number of anilines is 1. The summed E-state index contributed by atoms with van der Waals surface area (Å²) < 4.78 is 0. The Kier molecular flexibility index (Phi) is 6.42. The van der Waals surface area contributed by atoms with Crippen molar-refractivity contribution in [1.82, 2.24) is 4.90 Å². The number of carbonyl (C=O) groups excluding carboxylic acids is 2. The smallest absolute Gasteiger partial charge is 0.255 e. The number of hydrogen-bond donors (Lipinski definition) is 1. The van der Waals surface area contributed by atoms with Gasteiger partial charge in [0.1, 0.15) is 5.37 Å². The molecule has 3 aromatic carbocycles. The average Bonchev–Trinajstić information content (AvgIpc) is 3.15. The Morgan fingerprint density at radius 3 is 2.32 bits per heavy atom. The van der Waals surface area contributed by atoms with Gasteiger partial charge < -0.3 is 10.2 Å². The highest BCUT2D eigenvalue weighted by molar-refractivity contribution is 8.00. The number of amides is 2. The fraction of sp³-hybridized carbons (Fsp3) is 0.231. The van der Waals surface area contributed by atoms with Crippen molar-refractivity contribution in [3.05, 3.63) is 101 Å². The summed E-state index contributed by atoms with van der Waals surface area (Å²) in [6.45, 7) is 4.88. The summed E-state index contributed by atoms with van der Waals surface area (Å²) in [6.07, 6.45) is 0. The summed E-state index contributed by atoms with van der Waals surface area (Å²) in [7, 11) is 0. The Balaban J connectivity index is 1.44. The lowest BCUT2D eigenvalue weighted by atomic mass is 10.0. The highest BCUT2D eigenvalue weighted by Crippen LogP contribution is 2.39. The van der Waals surface area contributed by atoms with Crippen LogP contribution in [0.3, 0.4) is 0 Å². The van der Waals surface area contributed by atoms with Gasteiger partial charge in [-0.3, -0.25) is 9.59 Å². The summed E-state index contributed by atoms with van der Waals surface area (Å²) >= 11 is 1.63. The van der Waals surface area contributed by atoms with E-state index in [4.69, 9.17) is 0 Å². The number of hydrogen-bond acceptors (Lipinski definition) is 3. The van der Waals surface area contributed by atoms with E-state index in [1.165, 1.54) is 5.56 Å². The first-order chi connectivity index (χ1) is 15.0. The summed E-state index contributed by atoms with van der Waals surface area (Å²) in [4.78, 5) is 27.0. The molecular formula is C26H26N2O2S. The molecule has 1 atom stereocenters. The minimum atomic E-state index is -0.139. The molecule has 1 heterocycles. The number of nitrogens with one attached hydrogen (secondary N) is 1. The first kappa shape index (κ1) is 21.2. The molecule has 1 aliphatic heterocycles. The van der Waals surface area contributed by atoms with Crippen LogP contribution < -0.4 is 5.32 Å². The lowest BCUT2D eigenvalue weighted by molar-refractivity contribution is -0.128. The third-order valence-electron chi connectivity index (χ3n) is 5.46. The quantitative estimate of drug-likeness (QED) is 0.535. The van der Waals surface area contributed by atoms with Gasteiger partial charge in [0.15, 0.2) is 0 Å². The van der Waals surface area contributed by atoms with Gasteiger partial charge in [0.25, 0.3) is 5.91 Å². The highest BCUT2D eigenvalue weighted by atomic mass is 32.2. The van der Waals surface area contributed by atoms with Crippen LogP contribution in [-0.4, -0.2) is 22.5 Å². The SMILES string of the molecule is CC(C)c1ccc(NC(=O)c2ccc([C@@H]3SCC(=O)N3Cc3ccccc3)cc2)cc1. The zero-order chi connectivity index (χ0) is 21.8. The predicted molar refractivity (Wildman–Crippen MR) is 127 cm³/mol. The molecule has 4 rings (SSSR count). The number of nitrogens with zero attached hydrogens (tertiary/aromatic N) is 1. The van der Waals surface area contributed by atoms with Gasteiger partial charge in [-0.15, -0.1) is 11.8 Å². The molecule has 0 radical (unpaired) electrons. The molecule has 1 fully saturated rings. The van der Waals surface area contributed by atoms with Crippen LogP contribution in [0.4, 0.5) is 5.69 Å². The van der Waals surface area contributed by atoms with Crippen molar-refractivity contribution in [3.8, 4) is 0 Å². The second-order valence-corrected chi connectivity index (χ2v) is 9.09. The van der Waals surface area contributed by atoms with Gasteiger partial charge in [0, 0.05) is 17.8 Å². The van der Waals surface area contributed by atoms with Crippen LogP contribution >= 0.6 is 11.8 Å². The highest BCUT2D eigenvalue weighted by Gasteiger charge is 2.32. The molecule has 1 N–H and O–H groups in total. The third kappa shape index (κ3) is 5.00. The zero-order valence-corrected chi connectivity index (χ0v) is 18.6. The molecule has 158 valence electrons. The molecule has 0 unspecified atom stereocenters. The van der Waals surface area contributed by atoms with Crippen molar-refractivity contribution >= 4 is 29.3 Å². The fourth-order valence-corrected chi connectivity index (χ4v) is 4.82. The molecule has 0 spiro atoms.